The third-order valence-electron chi connectivity index (χ3n) is 5.23. The number of aromatic nitrogens is 1. The van der Waals surface area contributed by atoms with Crippen LogP contribution in [0.5, 0.6) is 5.88 Å². The lowest BCUT2D eigenvalue weighted by Gasteiger charge is -2.29. The molecule has 1 amide bonds. The van der Waals surface area contributed by atoms with Crippen LogP contribution in [-0.2, 0) is 20.5 Å². The number of hydrogen-bond donors (Lipinski definition) is 2. The standard InChI is InChI=1S/C22H21F6N3O4/c23-21(24,25)16-10-13(18(29)35-20(33)22(26,27)28)11-17(31-16)34-15-8-4-5-12(9-15)19(32)30-14-6-2-1-3-7-14/h1-3,6-7,10-12,15,18H,4-5,8-9,29H2,(H,30,32)/t12?,15-,18?/m1/s1. The summed E-state index contributed by atoms with van der Waals surface area (Å²) in [5.74, 6) is -3.97. The minimum absolute atomic E-state index is 0.182. The zero-order valence-corrected chi connectivity index (χ0v) is 18.0. The maximum Gasteiger partial charge on any atom is 0.490 e. The molecular formula is C22H21F6N3O4. The van der Waals surface area contributed by atoms with E-state index in [0.29, 0.717) is 31.0 Å². The van der Waals surface area contributed by atoms with Crippen LogP contribution in [0.4, 0.5) is 32.0 Å². The van der Waals surface area contributed by atoms with E-state index >= 15 is 0 Å². The summed E-state index contributed by atoms with van der Waals surface area (Å²) in [4.78, 5) is 27.0. The van der Waals surface area contributed by atoms with Gasteiger partial charge < -0.3 is 14.8 Å². The maximum atomic E-state index is 13.3. The Morgan fingerprint density at radius 3 is 2.37 bits per heavy atom. The fraction of sp³-hybridized carbons (Fsp3) is 0.409. The van der Waals surface area contributed by atoms with E-state index in [2.05, 4.69) is 15.0 Å². The Bertz CT molecular complexity index is 1050. The predicted octanol–water partition coefficient (Wildman–Crippen LogP) is 4.74. The molecule has 0 bridgehead atoms. The van der Waals surface area contributed by atoms with E-state index in [1.165, 1.54) is 0 Å². The minimum Gasteiger partial charge on any atom is -0.474 e. The number of ether oxygens (including phenoxy) is 2. The summed E-state index contributed by atoms with van der Waals surface area (Å²) in [5, 5.41) is 2.76. The highest BCUT2D eigenvalue weighted by Gasteiger charge is 2.42. The number of nitrogens with one attached hydrogen (secondary N) is 1. The Hall–Kier alpha value is -3.35. The normalized spacial score (nSPS) is 19.5. The molecule has 1 aromatic carbocycles. The Labute approximate surface area is 195 Å². The number of carbonyl (C=O) groups excluding carboxylic acids is 2. The molecule has 1 aliphatic carbocycles. The Morgan fingerprint density at radius 1 is 1.06 bits per heavy atom. The molecule has 3 atom stereocenters. The van der Waals surface area contributed by atoms with Crippen LogP contribution in [0.25, 0.3) is 0 Å². The first-order valence-electron chi connectivity index (χ1n) is 10.5. The third kappa shape index (κ3) is 7.31. The van der Waals surface area contributed by atoms with Crippen molar-refractivity contribution in [2.45, 2.75) is 50.4 Å². The molecule has 35 heavy (non-hydrogen) atoms. The molecule has 2 aromatic rings. The monoisotopic (exact) mass is 505 g/mol. The van der Waals surface area contributed by atoms with Gasteiger partial charge in [0.25, 0.3) is 0 Å². The maximum absolute atomic E-state index is 13.3. The number of pyridine rings is 1. The van der Waals surface area contributed by atoms with Crippen LogP contribution < -0.4 is 15.8 Å². The molecule has 3 N–H and O–H groups in total. The number of alkyl halides is 6. The van der Waals surface area contributed by atoms with Crippen LogP contribution in [0.3, 0.4) is 0 Å². The van der Waals surface area contributed by atoms with Crippen LogP contribution >= 0.6 is 0 Å². The van der Waals surface area contributed by atoms with Gasteiger partial charge in [-0.2, -0.15) is 26.3 Å². The second kappa shape index (κ2) is 10.5. The van der Waals surface area contributed by atoms with Crippen molar-refractivity contribution in [1.82, 2.24) is 4.98 Å². The van der Waals surface area contributed by atoms with Crippen molar-refractivity contribution in [1.29, 1.82) is 0 Å². The summed E-state index contributed by atoms with van der Waals surface area (Å²) in [5.41, 5.74) is 3.91. The molecule has 1 fully saturated rings. The topological polar surface area (TPSA) is 104 Å². The Kier molecular flexibility index (Phi) is 7.88. The van der Waals surface area contributed by atoms with Crippen LogP contribution in [0.2, 0.25) is 0 Å². The Balaban J connectivity index is 1.75. The predicted molar refractivity (Wildman–Crippen MR) is 110 cm³/mol. The molecule has 190 valence electrons. The van der Waals surface area contributed by atoms with Crippen LogP contribution in [-0.4, -0.2) is 29.1 Å². The SMILES string of the molecule is NC(OC(=O)C(F)(F)F)c1cc(O[C@@H]2CCCC(C(=O)Nc3ccccc3)C2)nc(C(F)(F)F)c1. The quantitative estimate of drug-likeness (QED) is 0.334. The highest BCUT2D eigenvalue weighted by molar-refractivity contribution is 5.92. The van der Waals surface area contributed by atoms with Gasteiger partial charge in [-0.1, -0.05) is 18.2 Å². The molecule has 1 aromatic heterocycles. The lowest BCUT2D eigenvalue weighted by atomic mass is 9.86. The van der Waals surface area contributed by atoms with Crippen molar-refractivity contribution < 1.29 is 45.4 Å². The van der Waals surface area contributed by atoms with Gasteiger partial charge in [0, 0.05) is 23.2 Å². The fourth-order valence-electron chi connectivity index (χ4n) is 3.57. The average molecular weight is 505 g/mol. The second-order valence-electron chi connectivity index (χ2n) is 7.90. The number of carbonyl (C=O) groups is 2. The number of anilines is 1. The first kappa shape index (κ1) is 26.3. The first-order chi connectivity index (χ1) is 16.3. The average Bonchev–Trinajstić information content (AvgIpc) is 2.78. The van der Waals surface area contributed by atoms with Gasteiger partial charge >= 0.3 is 18.3 Å². The first-order valence-corrected chi connectivity index (χ1v) is 10.5. The van der Waals surface area contributed by atoms with E-state index in [4.69, 9.17) is 10.5 Å². The van der Waals surface area contributed by atoms with E-state index in [-0.39, 0.29) is 12.3 Å². The van der Waals surface area contributed by atoms with Crippen LogP contribution in [0, 0.1) is 5.92 Å². The number of para-hydroxylation sites is 1. The molecule has 1 saturated carbocycles. The number of rotatable bonds is 6. The molecule has 1 aliphatic rings. The third-order valence-corrected chi connectivity index (χ3v) is 5.23. The van der Waals surface area contributed by atoms with E-state index in [0.717, 1.165) is 6.07 Å². The lowest BCUT2D eigenvalue weighted by molar-refractivity contribution is -0.205. The lowest BCUT2D eigenvalue weighted by Crippen LogP contribution is -2.33. The zero-order chi connectivity index (χ0) is 25.8. The van der Waals surface area contributed by atoms with Gasteiger partial charge in [-0.3, -0.25) is 10.5 Å². The van der Waals surface area contributed by atoms with E-state index in [1.807, 2.05) is 0 Å². The fourth-order valence-corrected chi connectivity index (χ4v) is 3.57. The second-order valence-corrected chi connectivity index (χ2v) is 7.90. The van der Waals surface area contributed by atoms with Gasteiger partial charge in [0.2, 0.25) is 11.8 Å². The minimum atomic E-state index is -5.38. The molecule has 0 radical (unpaired) electrons. The number of halogens is 6. The van der Waals surface area contributed by atoms with Gasteiger partial charge in [-0.15, -0.1) is 0 Å². The molecule has 2 unspecified atom stereocenters. The van der Waals surface area contributed by atoms with Gasteiger partial charge in [-0.25, -0.2) is 9.78 Å². The van der Waals surface area contributed by atoms with Crippen molar-refractivity contribution in [2.24, 2.45) is 11.7 Å². The molecule has 3 rings (SSSR count). The Morgan fingerprint density at radius 2 is 1.74 bits per heavy atom. The number of amides is 1. The number of esters is 1. The molecule has 0 saturated heterocycles. The van der Waals surface area contributed by atoms with Crippen molar-refractivity contribution in [3.05, 3.63) is 53.7 Å². The zero-order valence-electron chi connectivity index (χ0n) is 18.0. The van der Waals surface area contributed by atoms with Crippen molar-refractivity contribution in [3.63, 3.8) is 0 Å². The summed E-state index contributed by atoms with van der Waals surface area (Å²) in [6.07, 6.45) is -11.5. The number of benzene rings is 1. The smallest absolute Gasteiger partial charge is 0.474 e. The van der Waals surface area contributed by atoms with Gasteiger partial charge in [0.1, 0.15) is 11.8 Å². The molecule has 7 nitrogen and oxygen atoms in total. The van der Waals surface area contributed by atoms with E-state index in [9.17, 15) is 35.9 Å². The van der Waals surface area contributed by atoms with Crippen molar-refractivity contribution in [2.75, 3.05) is 5.32 Å². The molecular weight excluding hydrogens is 484 g/mol. The summed E-state index contributed by atoms with van der Waals surface area (Å²) >= 11 is 0. The molecule has 0 spiro atoms. The van der Waals surface area contributed by atoms with E-state index < -0.39 is 53.7 Å². The number of hydrogen-bond acceptors (Lipinski definition) is 6. The largest absolute Gasteiger partial charge is 0.490 e. The molecule has 1 heterocycles. The summed E-state index contributed by atoms with van der Waals surface area (Å²) in [7, 11) is 0. The highest BCUT2D eigenvalue weighted by atomic mass is 19.4. The van der Waals surface area contributed by atoms with Crippen molar-refractivity contribution >= 4 is 17.6 Å². The molecule has 0 aliphatic heterocycles. The summed E-state index contributed by atoms with van der Waals surface area (Å²) in [6.45, 7) is 0. The van der Waals surface area contributed by atoms with Gasteiger partial charge in [-0.05, 0) is 43.9 Å². The highest BCUT2D eigenvalue weighted by Crippen LogP contribution is 2.34. The van der Waals surface area contributed by atoms with E-state index in [1.54, 1.807) is 30.3 Å². The van der Waals surface area contributed by atoms with Gasteiger partial charge in [0.05, 0.1) is 0 Å². The van der Waals surface area contributed by atoms with Crippen molar-refractivity contribution in [3.8, 4) is 5.88 Å². The van der Waals surface area contributed by atoms with Crippen LogP contribution in [0.1, 0.15) is 43.2 Å². The van der Waals surface area contributed by atoms with Gasteiger partial charge in [0.15, 0.2) is 6.23 Å². The molecule has 13 heteroatoms. The van der Waals surface area contributed by atoms with Crippen LogP contribution in [0.15, 0.2) is 42.5 Å². The summed E-state index contributed by atoms with van der Waals surface area (Å²) < 4.78 is 86.9. The number of nitrogens with two attached hydrogens (primary N) is 1. The number of nitrogens with zero attached hydrogens (tertiary/aromatic N) is 1. The summed E-state index contributed by atoms with van der Waals surface area (Å²) in [6, 6.07) is 9.93.